The smallest absolute Gasteiger partial charge is 0.253 e. The van der Waals surface area contributed by atoms with Gasteiger partial charge in [-0.25, -0.2) is 27.5 Å². The first-order valence-corrected chi connectivity index (χ1v) is 12.2. The lowest BCUT2D eigenvalue weighted by molar-refractivity contribution is -0.194. The highest BCUT2D eigenvalue weighted by Gasteiger charge is 2.45. The molecular formula is C26H34F4N2O2. The number of hydrogen-bond donors (Lipinski definition) is 1. The number of rotatable bonds is 11. The number of unbranched alkanes of at least 4 members (excludes halogenated alkanes) is 2. The minimum atomic E-state index is -2.95. The Morgan fingerprint density at radius 1 is 1.06 bits per heavy atom. The lowest BCUT2D eigenvalue weighted by atomic mass is 9.80. The largest absolute Gasteiger partial charge is 0.364 e. The van der Waals surface area contributed by atoms with E-state index < -0.39 is 42.3 Å². The van der Waals surface area contributed by atoms with Gasteiger partial charge in [0.15, 0.2) is 17.9 Å². The van der Waals surface area contributed by atoms with Crippen LogP contribution in [0, 0.1) is 24.5 Å². The minimum Gasteiger partial charge on any atom is -0.364 e. The van der Waals surface area contributed by atoms with Crippen LogP contribution in [-0.4, -0.2) is 27.1 Å². The van der Waals surface area contributed by atoms with E-state index in [0.717, 1.165) is 18.4 Å². The number of hydrogen-bond acceptors (Lipinski definition) is 4. The second kappa shape index (κ2) is 12.1. The van der Waals surface area contributed by atoms with Gasteiger partial charge >= 0.3 is 0 Å². The van der Waals surface area contributed by atoms with Gasteiger partial charge in [-0.3, -0.25) is 0 Å². The number of aryl methyl sites for hydroxylation is 3. The van der Waals surface area contributed by atoms with Crippen molar-refractivity contribution in [3.05, 3.63) is 58.7 Å². The van der Waals surface area contributed by atoms with Crippen molar-refractivity contribution in [3.63, 3.8) is 0 Å². The Kier molecular flexibility index (Phi) is 9.42. The highest BCUT2D eigenvalue weighted by molar-refractivity contribution is 5.27. The van der Waals surface area contributed by atoms with Crippen LogP contribution in [0.25, 0.3) is 0 Å². The van der Waals surface area contributed by atoms with Crippen LogP contribution >= 0.6 is 0 Å². The van der Waals surface area contributed by atoms with Crippen LogP contribution in [0.3, 0.4) is 0 Å². The fourth-order valence-electron chi connectivity index (χ4n) is 4.48. The van der Waals surface area contributed by atoms with Crippen molar-refractivity contribution in [2.45, 2.75) is 96.4 Å². The van der Waals surface area contributed by atoms with Crippen molar-refractivity contribution in [2.75, 3.05) is 0 Å². The Labute approximate surface area is 198 Å². The summed E-state index contributed by atoms with van der Waals surface area (Å²) in [7, 11) is 0. The van der Waals surface area contributed by atoms with Gasteiger partial charge in [0.25, 0.3) is 5.92 Å². The second-order valence-corrected chi connectivity index (χ2v) is 9.32. The third kappa shape index (κ3) is 6.98. The molecule has 1 fully saturated rings. The maximum atomic E-state index is 14.8. The van der Waals surface area contributed by atoms with Gasteiger partial charge in [-0.15, -0.1) is 0 Å². The van der Waals surface area contributed by atoms with Gasteiger partial charge in [0.2, 0.25) is 0 Å². The first kappa shape index (κ1) is 26.5. The van der Waals surface area contributed by atoms with E-state index in [0.29, 0.717) is 44.3 Å². The van der Waals surface area contributed by atoms with E-state index in [1.165, 1.54) is 12.1 Å². The Morgan fingerprint density at radius 3 is 2.47 bits per heavy atom. The van der Waals surface area contributed by atoms with E-state index in [-0.39, 0.29) is 17.5 Å². The van der Waals surface area contributed by atoms with E-state index in [2.05, 4.69) is 9.97 Å². The quantitative estimate of drug-likeness (QED) is 0.222. The molecule has 0 bridgehead atoms. The van der Waals surface area contributed by atoms with E-state index in [1.807, 2.05) is 13.8 Å². The normalized spacial score (nSPS) is 20.9. The first-order chi connectivity index (χ1) is 16.2. The first-order valence-electron chi connectivity index (χ1n) is 12.2. The Balaban J connectivity index is 1.49. The van der Waals surface area contributed by atoms with Crippen LogP contribution in [-0.2, 0) is 17.6 Å². The molecule has 1 aromatic heterocycles. The van der Waals surface area contributed by atoms with Crippen LogP contribution < -0.4 is 0 Å². The summed E-state index contributed by atoms with van der Waals surface area (Å²) in [6.45, 7) is 3.86. The van der Waals surface area contributed by atoms with E-state index in [4.69, 9.17) is 4.74 Å². The monoisotopic (exact) mass is 482 g/mol. The number of ether oxygens (including phenoxy) is 1. The van der Waals surface area contributed by atoms with Crippen molar-refractivity contribution in [1.82, 2.24) is 9.97 Å². The summed E-state index contributed by atoms with van der Waals surface area (Å²) >= 11 is 0. The maximum Gasteiger partial charge on any atom is 0.253 e. The lowest BCUT2D eigenvalue weighted by Crippen LogP contribution is -2.39. The van der Waals surface area contributed by atoms with Gasteiger partial charge in [0.05, 0.1) is 6.10 Å². The van der Waals surface area contributed by atoms with Crippen molar-refractivity contribution in [1.29, 1.82) is 0 Å². The topological polar surface area (TPSA) is 55.2 Å². The zero-order valence-corrected chi connectivity index (χ0v) is 19.9. The molecule has 0 saturated heterocycles. The number of nitrogens with zero attached hydrogens (tertiary/aromatic N) is 2. The van der Waals surface area contributed by atoms with E-state index in [9.17, 15) is 22.7 Å². The number of halogens is 4. The van der Waals surface area contributed by atoms with Crippen molar-refractivity contribution in [3.8, 4) is 0 Å². The molecule has 4 nitrogen and oxygen atoms in total. The van der Waals surface area contributed by atoms with E-state index in [1.54, 1.807) is 12.4 Å². The third-order valence-electron chi connectivity index (χ3n) is 6.55. The number of aromatic nitrogens is 2. The molecule has 1 aromatic carbocycles. The minimum absolute atomic E-state index is 0.233. The Bertz CT molecular complexity index is 924. The summed E-state index contributed by atoms with van der Waals surface area (Å²) in [5.74, 6) is -5.20. The van der Waals surface area contributed by atoms with Crippen LogP contribution in [0.5, 0.6) is 0 Å². The van der Waals surface area contributed by atoms with Gasteiger partial charge in [-0.2, -0.15) is 0 Å². The molecule has 0 aliphatic heterocycles. The lowest BCUT2D eigenvalue weighted by Gasteiger charge is -2.36. The highest BCUT2D eigenvalue weighted by atomic mass is 19.3. The molecule has 1 aliphatic rings. The van der Waals surface area contributed by atoms with Gasteiger partial charge in [-0.05, 0) is 56.6 Å². The molecule has 188 valence electrons. The summed E-state index contributed by atoms with van der Waals surface area (Å²) in [6.07, 6.45) is 5.15. The molecule has 0 amide bonds. The maximum absolute atomic E-state index is 14.8. The van der Waals surface area contributed by atoms with Crippen LogP contribution in [0.2, 0.25) is 0 Å². The summed E-state index contributed by atoms with van der Waals surface area (Å²) < 4.78 is 63.6. The number of aliphatic hydroxyl groups excluding tert-OH is 1. The summed E-state index contributed by atoms with van der Waals surface area (Å²) in [5, 5.41) is 10.3. The number of alkyl halides is 2. The number of aliphatic hydroxyl groups is 1. The molecule has 2 aromatic rings. The van der Waals surface area contributed by atoms with E-state index >= 15 is 0 Å². The molecule has 8 heteroatoms. The molecule has 1 saturated carbocycles. The molecular weight excluding hydrogens is 448 g/mol. The summed E-state index contributed by atoms with van der Waals surface area (Å²) in [4.78, 5) is 8.47. The molecule has 3 rings (SSSR count). The summed E-state index contributed by atoms with van der Waals surface area (Å²) in [5.41, 5.74) is 0.849. The van der Waals surface area contributed by atoms with Crippen LogP contribution in [0.15, 0.2) is 24.5 Å². The predicted octanol–water partition coefficient (Wildman–Crippen LogP) is 6.63. The van der Waals surface area contributed by atoms with Gasteiger partial charge in [0, 0.05) is 36.7 Å². The highest BCUT2D eigenvalue weighted by Crippen LogP contribution is 2.43. The Hall–Kier alpha value is -2.06. The molecule has 3 atom stereocenters. The zero-order chi connectivity index (χ0) is 24.7. The molecule has 1 heterocycles. The summed E-state index contributed by atoms with van der Waals surface area (Å²) in [6, 6.07) is 2.69. The predicted molar refractivity (Wildman–Crippen MR) is 121 cm³/mol. The van der Waals surface area contributed by atoms with Gasteiger partial charge < -0.3 is 9.84 Å². The molecule has 1 N–H and O–H groups in total. The van der Waals surface area contributed by atoms with Gasteiger partial charge in [0.1, 0.15) is 5.82 Å². The molecule has 0 radical (unpaired) electrons. The third-order valence-corrected chi connectivity index (χ3v) is 6.55. The standard InChI is InChI=1S/C26H34F4N2O2/c1-3-4-7-18-10-13-21(24(28)23(18)27)25(33)34-20-12-11-19(26(29,30)14-20)8-5-6-9-22-31-15-17(2)16-32-22/h10,13,15-16,19-20,25,33H,3-9,11-12,14H2,1-2H3. The van der Waals surface area contributed by atoms with Crippen molar-refractivity contribution >= 4 is 0 Å². The number of benzene rings is 1. The van der Waals surface area contributed by atoms with Crippen LogP contribution in [0.1, 0.15) is 87.1 Å². The molecule has 3 unspecified atom stereocenters. The van der Waals surface area contributed by atoms with Crippen molar-refractivity contribution < 1.29 is 27.4 Å². The fourth-order valence-corrected chi connectivity index (χ4v) is 4.48. The molecule has 34 heavy (non-hydrogen) atoms. The van der Waals surface area contributed by atoms with Crippen molar-refractivity contribution in [2.24, 2.45) is 5.92 Å². The molecule has 0 spiro atoms. The fraction of sp³-hybridized carbons (Fsp3) is 0.615. The second-order valence-electron chi connectivity index (χ2n) is 9.32. The average Bonchev–Trinajstić information content (AvgIpc) is 2.79. The van der Waals surface area contributed by atoms with Gasteiger partial charge in [-0.1, -0.05) is 31.9 Å². The van der Waals surface area contributed by atoms with Crippen LogP contribution in [0.4, 0.5) is 17.6 Å². The molecule has 1 aliphatic carbocycles. The SMILES string of the molecule is CCCCc1ccc(C(O)OC2CCC(CCCCc3ncc(C)cn3)C(F)(F)C2)c(F)c1F. The zero-order valence-electron chi connectivity index (χ0n) is 19.9. The average molecular weight is 483 g/mol. The Morgan fingerprint density at radius 2 is 1.79 bits per heavy atom.